The molecule has 0 spiro atoms. The van der Waals surface area contributed by atoms with Gasteiger partial charge >= 0.3 is 0 Å². The molecule has 0 saturated heterocycles. The minimum absolute atomic E-state index is 0.130. The Kier molecular flexibility index (Phi) is 5.78. The number of anilines is 1. The van der Waals surface area contributed by atoms with Gasteiger partial charge in [0.25, 0.3) is 5.56 Å². The Balaban J connectivity index is 1.68. The monoisotopic (exact) mass is 435 g/mol. The highest BCUT2D eigenvalue weighted by atomic mass is 16.8. The van der Waals surface area contributed by atoms with E-state index in [0.717, 1.165) is 0 Å². The number of nitrogens with one attached hydrogen (secondary N) is 2. The summed E-state index contributed by atoms with van der Waals surface area (Å²) in [5, 5.41) is 33.4. The first-order chi connectivity index (χ1) is 15.4. The van der Waals surface area contributed by atoms with Crippen LogP contribution < -0.4 is 16.1 Å². The summed E-state index contributed by atoms with van der Waals surface area (Å²) in [6.07, 6.45) is 1.30. The van der Waals surface area contributed by atoms with E-state index in [9.17, 15) is 19.9 Å². The maximum atomic E-state index is 13.2. The summed E-state index contributed by atoms with van der Waals surface area (Å²) in [6.45, 7) is 0. The van der Waals surface area contributed by atoms with E-state index < -0.39 is 22.6 Å². The maximum Gasteiger partial charge on any atom is 0.265 e. The number of aromatic nitrogens is 1. The van der Waals surface area contributed by atoms with Crippen molar-refractivity contribution in [3.8, 4) is 5.75 Å². The van der Waals surface area contributed by atoms with Gasteiger partial charge in [-0.15, -0.1) is 0 Å². The average molecular weight is 435 g/mol. The van der Waals surface area contributed by atoms with Crippen LogP contribution in [0.4, 0.5) is 11.4 Å². The van der Waals surface area contributed by atoms with E-state index >= 15 is 0 Å². The zero-order chi connectivity index (χ0) is 22.8. The van der Waals surface area contributed by atoms with E-state index in [1.54, 1.807) is 55.6 Å². The van der Waals surface area contributed by atoms with Gasteiger partial charge in [-0.1, -0.05) is 12.1 Å². The molecule has 0 saturated carbocycles. The van der Waals surface area contributed by atoms with Gasteiger partial charge in [0, 0.05) is 36.7 Å². The van der Waals surface area contributed by atoms with Crippen molar-refractivity contribution in [2.75, 3.05) is 5.32 Å². The lowest BCUT2D eigenvalue weighted by molar-refractivity contribution is -0.991. The van der Waals surface area contributed by atoms with E-state index in [4.69, 9.17) is 9.62 Å². The van der Waals surface area contributed by atoms with Crippen molar-refractivity contribution in [2.24, 2.45) is 7.05 Å². The van der Waals surface area contributed by atoms with Crippen LogP contribution in [0.1, 0.15) is 28.6 Å². The molecule has 0 bridgehead atoms. The normalized spacial score (nSPS) is 13.1. The third-order valence-electron chi connectivity index (χ3n) is 5.30. The van der Waals surface area contributed by atoms with Crippen molar-refractivity contribution < 1.29 is 24.8 Å². The quantitative estimate of drug-likeness (QED) is 0.259. The number of rotatable bonds is 7. The number of quaternary nitrogens is 1. The molecule has 164 valence electrons. The first kappa shape index (κ1) is 21.3. The maximum absolute atomic E-state index is 13.2. The zero-order valence-corrected chi connectivity index (χ0v) is 17.1. The van der Waals surface area contributed by atoms with E-state index in [0.29, 0.717) is 22.4 Å². The molecule has 0 radical (unpaired) electrons. The molecule has 0 fully saturated rings. The Hall–Kier alpha value is -3.92. The van der Waals surface area contributed by atoms with Gasteiger partial charge in [-0.3, -0.25) is 9.59 Å². The molecule has 4 rings (SSSR count). The molecule has 2 aromatic heterocycles. The Morgan fingerprint density at radius 3 is 2.53 bits per heavy atom. The molecule has 9 heteroatoms. The van der Waals surface area contributed by atoms with Crippen molar-refractivity contribution in [3.63, 3.8) is 0 Å². The van der Waals surface area contributed by atoms with E-state index in [-0.39, 0.29) is 23.4 Å². The van der Waals surface area contributed by atoms with Crippen LogP contribution in [0.2, 0.25) is 0 Å². The number of hydrogen-bond donors (Lipinski definition) is 4. The molecule has 4 aromatic rings. The molecule has 2 unspecified atom stereocenters. The molecule has 2 heterocycles. The largest absolute Gasteiger partial charge is 0.595 e. The Labute approximate surface area is 182 Å². The topological polar surface area (TPSA) is 132 Å². The second kappa shape index (κ2) is 8.67. The van der Waals surface area contributed by atoms with E-state index in [2.05, 4.69) is 5.32 Å². The fourth-order valence-corrected chi connectivity index (χ4v) is 3.64. The number of para-hydroxylation sites is 1. The van der Waals surface area contributed by atoms with Crippen LogP contribution in [0, 0.1) is 5.21 Å². The van der Waals surface area contributed by atoms with Crippen molar-refractivity contribution in [2.45, 2.75) is 12.5 Å². The van der Waals surface area contributed by atoms with Crippen LogP contribution in [-0.4, -0.2) is 20.7 Å². The second-order valence-electron chi connectivity index (χ2n) is 7.33. The summed E-state index contributed by atoms with van der Waals surface area (Å²) < 4.78 is 6.80. The number of pyridine rings is 1. The fourth-order valence-electron chi connectivity index (χ4n) is 3.64. The van der Waals surface area contributed by atoms with Crippen LogP contribution in [0.3, 0.4) is 0 Å². The number of nitrogens with zero attached hydrogens (tertiary/aromatic N) is 1. The smallest absolute Gasteiger partial charge is 0.265 e. The van der Waals surface area contributed by atoms with Gasteiger partial charge in [-0.2, -0.15) is 5.23 Å². The molecule has 4 N–H and O–H groups in total. The average Bonchev–Trinajstić information content (AvgIpc) is 3.32. The van der Waals surface area contributed by atoms with Gasteiger partial charge in [-0.25, -0.2) is 5.21 Å². The van der Waals surface area contributed by atoms with Gasteiger partial charge in [0.05, 0.1) is 17.8 Å². The molecular weight excluding hydrogens is 414 g/mol. The van der Waals surface area contributed by atoms with Crippen molar-refractivity contribution in [1.29, 1.82) is 0 Å². The van der Waals surface area contributed by atoms with Gasteiger partial charge in [0.2, 0.25) is 0 Å². The molecule has 9 nitrogen and oxygen atoms in total. The third-order valence-corrected chi connectivity index (χ3v) is 5.30. The predicted molar refractivity (Wildman–Crippen MR) is 117 cm³/mol. The van der Waals surface area contributed by atoms with Crippen LogP contribution in [0.25, 0.3) is 10.9 Å². The summed E-state index contributed by atoms with van der Waals surface area (Å²) >= 11 is 0. The van der Waals surface area contributed by atoms with Crippen molar-refractivity contribution in [3.05, 3.63) is 93.8 Å². The Morgan fingerprint density at radius 2 is 1.88 bits per heavy atom. The molecule has 0 aliphatic carbocycles. The fraction of sp³-hybridized carbons (Fsp3) is 0.130. The Bertz CT molecular complexity index is 1310. The molecule has 2 aromatic carbocycles. The first-order valence-electron chi connectivity index (χ1n) is 9.84. The molecule has 2 atom stereocenters. The lowest BCUT2D eigenvalue weighted by Gasteiger charge is -2.19. The lowest BCUT2D eigenvalue weighted by atomic mass is 10.00. The molecule has 0 aliphatic heterocycles. The number of carbonyl (C=O) groups is 1. The van der Waals surface area contributed by atoms with E-state index in [1.165, 1.54) is 23.0 Å². The molecule has 0 amide bonds. The molecule has 32 heavy (non-hydrogen) atoms. The first-order valence-corrected chi connectivity index (χ1v) is 9.84. The number of aromatic hydroxyl groups is 1. The third kappa shape index (κ3) is 4.00. The Morgan fingerprint density at radius 1 is 1.16 bits per heavy atom. The van der Waals surface area contributed by atoms with Gasteiger partial charge in [0.1, 0.15) is 17.1 Å². The van der Waals surface area contributed by atoms with Crippen LogP contribution in [0.15, 0.2) is 76.1 Å². The highest BCUT2D eigenvalue weighted by molar-refractivity contribution is 6.03. The standard InChI is InChI=1S/C23H21N3O6/c1-25-18-6-3-2-5-16(18)22(28)21(23(25)29)19(27)13-17(20-7-4-12-32-20)24-14-8-10-15(11-9-14)26(30)31/h2-12,17,24,26,28,30H,13H2,1H3. The summed E-state index contributed by atoms with van der Waals surface area (Å²) in [6, 6.07) is 15.6. The highest BCUT2D eigenvalue weighted by Crippen LogP contribution is 2.30. The van der Waals surface area contributed by atoms with E-state index in [1.807, 2.05) is 0 Å². The number of Topliss-reactive ketones (excluding diaryl/α,β-unsaturated/α-hetero) is 1. The number of hydrogen-bond acceptors (Lipinski definition) is 7. The summed E-state index contributed by atoms with van der Waals surface area (Å²) in [5.41, 5.74) is 0.345. The van der Waals surface area contributed by atoms with Gasteiger partial charge in [-0.05, 0) is 36.4 Å². The van der Waals surface area contributed by atoms with Gasteiger partial charge < -0.3 is 24.6 Å². The number of fused-ring (bicyclic) bond motifs is 1. The lowest BCUT2D eigenvalue weighted by Crippen LogP contribution is -2.99. The number of furan rings is 1. The minimum Gasteiger partial charge on any atom is -0.595 e. The van der Waals surface area contributed by atoms with Crippen molar-refractivity contribution >= 4 is 28.1 Å². The number of aryl methyl sites for hydroxylation is 1. The van der Waals surface area contributed by atoms with Crippen LogP contribution >= 0.6 is 0 Å². The number of benzene rings is 2. The van der Waals surface area contributed by atoms with Crippen LogP contribution in [-0.2, 0) is 7.05 Å². The van der Waals surface area contributed by atoms with Crippen molar-refractivity contribution in [1.82, 2.24) is 4.57 Å². The second-order valence-corrected chi connectivity index (χ2v) is 7.33. The summed E-state index contributed by atoms with van der Waals surface area (Å²) in [4.78, 5) is 26.0. The zero-order valence-electron chi connectivity index (χ0n) is 17.1. The predicted octanol–water partition coefficient (Wildman–Crippen LogP) is 2.67. The minimum atomic E-state index is -1.04. The number of ketones is 1. The summed E-state index contributed by atoms with van der Waals surface area (Å²) in [5.74, 6) is -0.444. The van der Waals surface area contributed by atoms with Crippen LogP contribution in [0.5, 0.6) is 5.75 Å². The molecule has 0 aliphatic rings. The SMILES string of the molecule is Cn1c(=O)c(C(=O)CC(Nc2ccc([NH+]([O-])O)cc2)c2ccco2)c(O)c2ccccc21. The summed E-state index contributed by atoms with van der Waals surface area (Å²) in [7, 11) is 1.55. The number of carbonyl (C=O) groups excluding carboxylic acids is 1. The van der Waals surface area contributed by atoms with Gasteiger partial charge in [0.15, 0.2) is 11.5 Å². The highest BCUT2D eigenvalue weighted by Gasteiger charge is 2.26. The molecular formula is C23H21N3O6.